The zero-order chi connectivity index (χ0) is 27.0. The van der Waals surface area contributed by atoms with E-state index in [0.717, 1.165) is 42.6 Å². The van der Waals surface area contributed by atoms with Gasteiger partial charge in [-0.1, -0.05) is 42.5 Å². The number of halogens is 6. The fourth-order valence-corrected chi connectivity index (χ4v) is 6.51. The van der Waals surface area contributed by atoms with Gasteiger partial charge < -0.3 is 5.11 Å². The number of nitrogens with zero attached hydrogens (tertiary/aromatic N) is 2. The predicted octanol–water partition coefficient (Wildman–Crippen LogP) is 4.62. The van der Waals surface area contributed by atoms with Crippen LogP contribution >= 0.6 is 0 Å². The molecule has 1 aliphatic carbocycles. The number of sulfonamides is 1. The van der Waals surface area contributed by atoms with Gasteiger partial charge in [-0.2, -0.15) is 26.3 Å². The Hall–Kier alpha value is -2.15. The van der Waals surface area contributed by atoms with Gasteiger partial charge in [0, 0.05) is 43.7 Å². The van der Waals surface area contributed by atoms with Gasteiger partial charge in [0.2, 0.25) is 10.0 Å². The van der Waals surface area contributed by atoms with Crippen molar-refractivity contribution in [2.45, 2.75) is 43.3 Å². The van der Waals surface area contributed by atoms with E-state index < -0.39 is 33.5 Å². The molecule has 1 N–H and O–H groups in total. The van der Waals surface area contributed by atoms with Crippen LogP contribution in [0.15, 0.2) is 42.5 Å². The van der Waals surface area contributed by atoms with Gasteiger partial charge in [-0.15, -0.1) is 0 Å². The molecule has 5 nitrogen and oxygen atoms in total. The van der Waals surface area contributed by atoms with Gasteiger partial charge >= 0.3 is 12.4 Å². The largest absolute Gasteiger partial charge is 0.430 e. The topological polar surface area (TPSA) is 60.9 Å². The molecular weight excluding hydrogens is 522 g/mol. The average Bonchev–Trinajstić information content (AvgIpc) is 3.56. The van der Waals surface area contributed by atoms with Crippen LogP contribution in [-0.4, -0.2) is 67.5 Å². The number of likely N-dealkylation sites (tertiary alicyclic amines) is 1. The van der Waals surface area contributed by atoms with Crippen molar-refractivity contribution in [2.24, 2.45) is 5.41 Å². The first-order valence-electron chi connectivity index (χ1n) is 11.8. The Kier molecular flexibility index (Phi) is 6.02. The highest BCUT2D eigenvalue weighted by molar-refractivity contribution is 7.88. The van der Waals surface area contributed by atoms with Crippen molar-refractivity contribution in [1.29, 1.82) is 0 Å². The first kappa shape index (κ1) is 26.5. The summed E-state index contributed by atoms with van der Waals surface area (Å²) in [5.74, 6) is 0.273. The van der Waals surface area contributed by atoms with Crippen molar-refractivity contribution in [1.82, 2.24) is 9.21 Å². The van der Waals surface area contributed by atoms with Crippen molar-refractivity contribution < 1.29 is 39.9 Å². The van der Waals surface area contributed by atoms with Crippen molar-refractivity contribution >= 4 is 10.0 Å². The van der Waals surface area contributed by atoms with Gasteiger partial charge in [0.15, 0.2) is 0 Å². The lowest BCUT2D eigenvalue weighted by Gasteiger charge is -2.59. The molecule has 2 aliphatic heterocycles. The van der Waals surface area contributed by atoms with E-state index in [1.54, 1.807) is 0 Å². The summed E-state index contributed by atoms with van der Waals surface area (Å²) in [6.45, 7) is 3.32. The molecular formula is C25H26F6N2O3S. The monoisotopic (exact) mass is 548 g/mol. The Bertz CT molecular complexity index is 1280. The first-order valence-corrected chi connectivity index (χ1v) is 13.6. The molecule has 37 heavy (non-hydrogen) atoms. The number of hydrogen-bond acceptors (Lipinski definition) is 4. The Morgan fingerprint density at radius 2 is 1.49 bits per heavy atom. The van der Waals surface area contributed by atoms with E-state index >= 15 is 0 Å². The molecule has 0 aromatic heterocycles. The van der Waals surface area contributed by atoms with E-state index in [1.807, 2.05) is 18.2 Å². The molecule has 3 fully saturated rings. The van der Waals surface area contributed by atoms with Crippen molar-refractivity contribution in [2.75, 3.05) is 32.4 Å². The van der Waals surface area contributed by atoms with E-state index in [2.05, 4.69) is 4.90 Å². The Morgan fingerprint density at radius 1 is 0.919 bits per heavy atom. The lowest BCUT2D eigenvalue weighted by atomic mass is 9.74. The molecule has 2 aromatic rings. The van der Waals surface area contributed by atoms with Crippen molar-refractivity contribution in [3.63, 3.8) is 0 Å². The number of aliphatic hydroxyl groups is 1. The Morgan fingerprint density at radius 3 is 1.97 bits per heavy atom. The minimum atomic E-state index is -5.93. The van der Waals surface area contributed by atoms with Crippen LogP contribution in [0.5, 0.6) is 0 Å². The number of benzene rings is 2. The molecule has 0 bridgehead atoms. The molecule has 3 aliphatic rings. The quantitative estimate of drug-likeness (QED) is 0.536. The highest BCUT2D eigenvalue weighted by Crippen LogP contribution is 2.51. The molecule has 1 saturated carbocycles. The van der Waals surface area contributed by atoms with E-state index in [4.69, 9.17) is 0 Å². The summed E-state index contributed by atoms with van der Waals surface area (Å²) in [5, 5.41) is 9.65. The lowest BCUT2D eigenvalue weighted by molar-refractivity contribution is -0.376. The summed E-state index contributed by atoms with van der Waals surface area (Å²) in [7, 11) is -3.17. The molecule has 12 heteroatoms. The minimum absolute atomic E-state index is 0.0127. The first-order chi connectivity index (χ1) is 17.0. The summed E-state index contributed by atoms with van der Waals surface area (Å²) in [5.41, 5.74) is -2.97. The summed E-state index contributed by atoms with van der Waals surface area (Å²) >= 11 is 0. The summed E-state index contributed by atoms with van der Waals surface area (Å²) < 4.78 is 104. The second kappa shape index (κ2) is 8.42. The summed E-state index contributed by atoms with van der Waals surface area (Å²) in [6.07, 6.45) is -8.75. The van der Waals surface area contributed by atoms with Crippen LogP contribution in [0, 0.1) is 5.41 Å². The number of hydrogen-bond donors (Lipinski definition) is 1. The Labute approximate surface area is 210 Å². The SMILES string of the molecule is CS(=O)(=O)N1CC2(CN(Cc3ccc(-c4ccc(C(O)(C(F)(F)F)C(F)(F)F)cc4)c(C4CC4)c3)C2)C1. The molecule has 0 amide bonds. The van der Waals surface area contributed by atoms with Crippen LogP contribution in [-0.2, 0) is 22.2 Å². The van der Waals surface area contributed by atoms with Gasteiger partial charge in [-0.3, -0.25) is 4.90 Å². The number of alkyl halides is 6. The molecule has 2 saturated heterocycles. The third kappa shape index (κ3) is 4.66. The second-order valence-corrected chi connectivity index (χ2v) is 12.6. The minimum Gasteiger partial charge on any atom is -0.369 e. The van der Waals surface area contributed by atoms with Crippen LogP contribution in [0.25, 0.3) is 11.1 Å². The average molecular weight is 549 g/mol. The van der Waals surface area contributed by atoms with E-state index in [-0.39, 0.29) is 11.3 Å². The zero-order valence-electron chi connectivity index (χ0n) is 19.9. The smallest absolute Gasteiger partial charge is 0.369 e. The van der Waals surface area contributed by atoms with Gasteiger partial charge in [0.05, 0.1) is 6.26 Å². The molecule has 5 rings (SSSR count). The van der Waals surface area contributed by atoms with Crippen molar-refractivity contribution in [3.8, 4) is 11.1 Å². The summed E-state index contributed by atoms with van der Waals surface area (Å²) in [6, 6.07) is 9.49. The molecule has 2 aromatic carbocycles. The highest BCUT2D eigenvalue weighted by Gasteiger charge is 2.71. The maximum Gasteiger partial charge on any atom is 0.430 e. The highest BCUT2D eigenvalue weighted by atomic mass is 32.2. The Balaban J connectivity index is 1.32. The fourth-order valence-electron chi connectivity index (χ4n) is 5.49. The van der Waals surface area contributed by atoms with E-state index in [9.17, 15) is 39.9 Å². The molecule has 0 radical (unpaired) electrons. The molecule has 0 atom stereocenters. The maximum atomic E-state index is 13.2. The van der Waals surface area contributed by atoms with Crippen molar-refractivity contribution in [3.05, 3.63) is 59.2 Å². The number of rotatable bonds is 6. The lowest BCUT2D eigenvalue weighted by Crippen LogP contribution is -2.72. The molecule has 202 valence electrons. The normalized spacial score (nSPS) is 21.1. The van der Waals surface area contributed by atoms with Gasteiger partial charge in [0.25, 0.3) is 5.60 Å². The van der Waals surface area contributed by atoms with Gasteiger partial charge in [0.1, 0.15) is 0 Å². The molecule has 2 heterocycles. The fraction of sp³-hybridized carbons (Fsp3) is 0.520. The van der Waals surface area contributed by atoms with Crippen LogP contribution in [0.2, 0.25) is 0 Å². The van der Waals surface area contributed by atoms with Crippen LogP contribution in [0.1, 0.15) is 35.4 Å². The van der Waals surface area contributed by atoms with E-state index in [0.29, 0.717) is 37.3 Å². The third-order valence-corrected chi connectivity index (χ3v) is 8.78. The van der Waals surface area contributed by atoms with Crippen LogP contribution in [0.3, 0.4) is 0 Å². The van der Waals surface area contributed by atoms with Crippen LogP contribution in [0.4, 0.5) is 26.3 Å². The summed E-state index contributed by atoms with van der Waals surface area (Å²) in [4.78, 5) is 2.23. The molecule has 1 spiro atoms. The van der Waals surface area contributed by atoms with Crippen LogP contribution < -0.4 is 0 Å². The zero-order valence-corrected chi connectivity index (χ0v) is 20.7. The van der Waals surface area contributed by atoms with Gasteiger partial charge in [-0.05, 0) is 41.0 Å². The molecule has 0 unspecified atom stereocenters. The van der Waals surface area contributed by atoms with E-state index in [1.165, 1.54) is 22.7 Å². The third-order valence-electron chi connectivity index (χ3n) is 7.58. The standard InChI is InChI=1S/C25H26F6N2O3S/c1-37(35,36)33-14-22(15-33)12-32(13-22)11-16-2-9-20(21(10-16)18-3-4-18)17-5-7-19(8-6-17)23(34,24(26,27)28)25(29,30)31/h2,5-10,18,34H,3-4,11-15H2,1H3. The predicted molar refractivity (Wildman–Crippen MR) is 124 cm³/mol. The second-order valence-electron chi connectivity index (χ2n) is 10.7. The van der Waals surface area contributed by atoms with Gasteiger partial charge in [-0.25, -0.2) is 12.7 Å². The maximum absolute atomic E-state index is 13.2.